The van der Waals surface area contributed by atoms with Crippen molar-refractivity contribution < 1.29 is 14.3 Å². The van der Waals surface area contributed by atoms with E-state index in [0.29, 0.717) is 29.5 Å². The van der Waals surface area contributed by atoms with Crippen LogP contribution in [-0.4, -0.2) is 30.0 Å². The first kappa shape index (κ1) is 21.2. The first-order chi connectivity index (χ1) is 16.0. The number of benzene rings is 1. The van der Waals surface area contributed by atoms with Crippen molar-refractivity contribution in [2.45, 2.75) is 93.0 Å². The lowest BCUT2D eigenvalue weighted by molar-refractivity contribution is -0.181. The predicted octanol–water partition coefficient (Wildman–Crippen LogP) is 6.66. The third-order valence-electron chi connectivity index (χ3n) is 9.97. The second kappa shape index (κ2) is 7.70. The van der Waals surface area contributed by atoms with E-state index in [9.17, 15) is 4.79 Å². The molecule has 1 aromatic rings. The highest BCUT2D eigenvalue weighted by Crippen LogP contribution is 2.64. The van der Waals surface area contributed by atoms with Gasteiger partial charge in [0.25, 0.3) is 0 Å². The highest BCUT2D eigenvalue weighted by Gasteiger charge is 2.57. The van der Waals surface area contributed by atoms with Crippen LogP contribution in [0, 0.1) is 23.2 Å². The van der Waals surface area contributed by atoms with Crippen LogP contribution in [0.2, 0.25) is 0 Å². The molecule has 4 heteroatoms. The Bertz CT molecular complexity index is 987. The monoisotopic (exact) mass is 464 g/mol. The molecule has 0 amide bonds. The lowest BCUT2D eigenvalue weighted by atomic mass is 9.52. The van der Waals surface area contributed by atoms with Crippen molar-refractivity contribution in [2.24, 2.45) is 23.2 Å². The van der Waals surface area contributed by atoms with Crippen molar-refractivity contribution >= 4 is 17.5 Å². The predicted molar refractivity (Wildman–Crippen MR) is 130 cm³/mol. The fraction of sp³-hybridized carbons (Fsp3) is 0.690. The van der Waals surface area contributed by atoms with Crippen molar-refractivity contribution in [2.75, 3.05) is 13.2 Å². The van der Waals surface area contributed by atoms with E-state index in [1.807, 2.05) is 11.8 Å². The third kappa shape index (κ3) is 3.42. The van der Waals surface area contributed by atoms with Crippen LogP contribution in [-0.2, 0) is 14.3 Å². The van der Waals surface area contributed by atoms with Crippen molar-refractivity contribution in [3.8, 4) is 0 Å². The Labute approximate surface area is 202 Å². The molecule has 5 atom stereocenters. The Balaban J connectivity index is 1.28. The minimum Gasteiger partial charge on any atom is -0.348 e. The molecule has 33 heavy (non-hydrogen) atoms. The molecule has 1 saturated heterocycles. The van der Waals surface area contributed by atoms with Gasteiger partial charge in [0.05, 0.1) is 13.2 Å². The van der Waals surface area contributed by atoms with E-state index in [1.54, 1.807) is 11.1 Å². The number of carbonyl (C=O) groups excluding carboxylic acids is 1. The molecule has 1 aliphatic heterocycles. The average Bonchev–Trinajstić information content (AvgIpc) is 3.45. The fourth-order valence-electron chi connectivity index (χ4n) is 8.22. The van der Waals surface area contributed by atoms with Crippen LogP contribution in [0.1, 0.15) is 82.6 Å². The van der Waals surface area contributed by atoms with Gasteiger partial charge in [0.2, 0.25) is 0 Å². The van der Waals surface area contributed by atoms with Gasteiger partial charge in [-0.05, 0) is 80.4 Å². The summed E-state index contributed by atoms with van der Waals surface area (Å²) in [4.78, 5) is 14.6. The smallest absolute Gasteiger partial charge is 0.169 e. The molecule has 0 aromatic heterocycles. The van der Waals surface area contributed by atoms with Gasteiger partial charge >= 0.3 is 0 Å². The maximum absolute atomic E-state index is 13.2. The third-order valence-corrected chi connectivity index (χ3v) is 11.3. The van der Waals surface area contributed by atoms with Gasteiger partial charge in [-0.1, -0.05) is 30.2 Å². The molecule has 6 aliphatic rings. The summed E-state index contributed by atoms with van der Waals surface area (Å²) >= 11 is 2.04. The molecule has 1 spiro atoms. The molecular formula is C29H36O3S. The molecule has 5 fully saturated rings. The van der Waals surface area contributed by atoms with Gasteiger partial charge in [-0.2, -0.15) is 0 Å². The van der Waals surface area contributed by atoms with Crippen LogP contribution in [0.25, 0.3) is 0 Å². The first-order valence-electron chi connectivity index (χ1n) is 13.4. The van der Waals surface area contributed by atoms with Crippen molar-refractivity contribution in [3.05, 3.63) is 41.0 Å². The molecule has 5 unspecified atom stereocenters. The number of allylic oxidation sites excluding steroid dienone is 2. The summed E-state index contributed by atoms with van der Waals surface area (Å²) in [5.74, 6) is 2.34. The molecular weight excluding hydrogens is 428 g/mol. The number of hydrogen-bond acceptors (Lipinski definition) is 4. The van der Waals surface area contributed by atoms with Gasteiger partial charge in [0.15, 0.2) is 5.79 Å². The standard InChI is InChI=1S/C29H36O3S/c1-28-17-24(18-2-5-20(6-3-18)33-21-7-8-21)27-22-12-13-29(31-14-15-32-29)16-19(22)4-9-23(27)25(28)10-11-26(28)30/h2-3,5-6,19,21,23-25H,4,7-17H2,1H3. The highest BCUT2D eigenvalue weighted by molar-refractivity contribution is 8.00. The molecule has 176 valence electrons. The van der Waals surface area contributed by atoms with Gasteiger partial charge < -0.3 is 9.47 Å². The zero-order chi connectivity index (χ0) is 22.2. The molecule has 3 nitrogen and oxygen atoms in total. The summed E-state index contributed by atoms with van der Waals surface area (Å²) in [6.45, 7) is 3.80. The summed E-state index contributed by atoms with van der Waals surface area (Å²) in [5, 5.41) is 0.837. The zero-order valence-corrected chi connectivity index (χ0v) is 20.6. The quantitative estimate of drug-likeness (QED) is 0.468. The maximum Gasteiger partial charge on any atom is 0.169 e. The Kier molecular flexibility index (Phi) is 4.95. The van der Waals surface area contributed by atoms with Gasteiger partial charge in [-0.3, -0.25) is 4.79 Å². The Morgan fingerprint density at radius 2 is 1.73 bits per heavy atom. The maximum atomic E-state index is 13.2. The first-order valence-corrected chi connectivity index (χ1v) is 14.2. The van der Waals surface area contributed by atoms with Crippen LogP contribution in [0.15, 0.2) is 40.3 Å². The molecule has 4 saturated carbocycles. The van der Waals surface area contributed by atoms with E-state index >= 15 is 0 Å². The largest absolute Gasteiger partial charge is 0.348 e. The minimum absolute atomic E-state index is 0.138. The lowest BCUT2D eigenvalue weighted by Gasteiger charge is -2.52. The number of fused-ring (bicyclic) bond motifs is 4. The Morgan fingerprint density at radius 1 is 0.939 bits per heavy atom. The lowest BCUT2D eigenvalue weighted by Crippen LogP contribution is -2.46. The number of hydrogen-bond donors (Lipinski definition) is 0. The van der Waals surface area contributed by atoms with Crippen LogP contribution in [0.3, 0.4) is 0 Å². The molecule has 0 radical (unpaired) electrons. The van der Waals surface area contributed by atoms with E-state index < -0.39 is 0 Å². The number of thioether (sulfide) groups is 1. The molecule has 1 heterocycles. The topological polar surface area (TPSA) is 35.5 Å². The number of carbonyl (C=O) groups is 1. The SMILES string of the molecule is CC12CC(c3ccc(SC4CC4)cc3)C3=C4CCC5(CC4CCC3C1CCC2=O)OCCO5. The molecule has 7 rings (SSSR count). The summed E-state index contributed by atoms with van der Waals surface area (Å²) in [5.41, 5.74) is 4.76. The van der Waals surface area contributed by atoms with E-state index in [4.69, 9.17) is 9.47 Å². The second-order valence-corrected chi connectivity index (χ2v) is 13.2. The summed E-state index contributed by atoms with van der Waals surface area (Å²) < 4.78 is 12.3. The van der Waals surface area contributed by atoms with Gasteiger partial charge in [-0.25, -0.2) is 0 Å². The number of ketones is 1. The van der Waals surface area contributed by atoms with Crippen LogP contribution < -0.4 is 0 Å². The summed E-state index contributed by atoms with van der Waals surface area (Å²) in [7, 11) is 0. The van der Waals surface area contributed by atoms with Crippen LogP contribution in [0.5, 0.6) is 0 Å². The number of Topliss-reactive ketones (excluding diaryl/α,β-unsaturated/α-hetero) is 1. The number of ether oxygens (including phenoxy) is 2. The Morgan fingerprint density at radius 3 is 2.48 bits per heavy atom. The van der Waals surface area contributed by atoms with Crippen molar-refractivity contribution in [1.29, 1.82) is 0 Å². The van der Waals surface area contributed by atoms with E-state index in [1.165, 1.54) is 36.1 Å². The second-order valence-electron chi connectivity index (χ2n) is 11.8. The van der Waals surface area contributed by atoms with Gasteiger partial charge in [0.1, 0.15) is 5.78 Å². The molecule has 0 bridgehead atoms. The molecule has 5 aliphatic carbocycles. The number of rotatable bonds is 3. The van der Waals surface area contributed by atoms with E-state index in [-0.39, 0.29) is 11.2 Å². The highest BCUT2D eigenvalue weighted by atomic mass is 32.2. The Hall–Kier alpha value is -1.10. The molecule has 0 N–H and O–H groups in total. The molecule has 1 aromatic carbocycles. The van der Waals surface area contributed by atoms with Crippen LogP contribution in [0.4, 0.5) is 0 Å². The average molecular weight is 465 g/mol. The van der Waals surface area contributed by atoms with Crippen molar-refractivity contribution in [1.82, 2.24) is 0 Å². The summed E-state index contributed by atoms with van der Waals surface area (Å²) in [6, 6.07) is 9.47. The fourth-order valence-corrected chi connectivity index (χ4v) is 9.27. The minimum atomic E-state index is -0.314. The summed E-state index contributed by atoms with van der Waals surface area (Å²) in [6.07, 6.45) is 11.2. The van der Waals surface area contributed by atoms with E-state index in [0.717, 1.165) is 57.0 Å². The zero-order valence-electron chi connectivity index (χ0n) is 19.8. The van der Waals surface area contributed by atoms with Crippen molar-refractivity contribution in [3.63, 3.8) is 0 Å². The van der Waals surface area contributed by atoms with Gasteiger partial charge in [0, 0.05) is 40.7 Å². The van der Waals surface area contributed by atoms with Crippen LogP contribution >= 0.6 is 11.8 Å². The van der Waals surface area contributed by atoms with Gasteiger partial charge in [-0.15, -0.1) is 11.8 Å². The van der Waals surface area contributed by atoms with E-state index in [2.05, 4.69) is 31.2 Å². The normalized spacial score (nSPS) is 39.5.